The van der Waals surface area contributed by atoms with Crippen molar-refractivity contribution in [1.82, 2.24) is 14.9 Å². The summed E-state index contributed by atoms with van der Waals surface area (Å²) in [5.74, 6) is -0.632. The number of likely N-dealkylation sites (tertiary alicyclic amines) is 1. The maximum Gasteiger partial charge on any atom is 0.253 e. The van der Waals surface area contributed by atoms with Crippen LogP contribution in [0.2, 0.25) is 0 Å². The maximum absolute atomic E-state index is 13.8. The van der Waals surface area contributed by atoms with Crippen LogP contribution in [0.5, 0.6) is 0 Å². The zero-order chi connectivity index (χ0) is 15.1. The Labute approximate surface area is 122 Å². The normalized spacial score (nSPS) is 19.7. The second-order valence-corrected chi connectivity index (χ2v) is 5.79. The lowest BCUT2D eigenvalue weighted by Gasteiger charge is -2.26. The van der Waals surface area contributed by atoms with Crippen LogP contribution in [0.25, 0.3) is 11.0 Å². The summed E-state index contributed by atoms with van der Waals surface area (Å²) in [6.45, 7) is 5.32. The van der Waals surface area contributed by atoms with Gasteiger partial charge in [-0.1, -0.05) is 0 Å². The fraction of sp³-hybridized carbons (Fsp3) is 0.467. The third-order valence-corrected chi connectivity index (χ3v) is 4.14. The van der Waals surface area contributed by atoms with Crippen LogP contribution >= 0.6 is 0 Å². The molecule has 1 atom stereocenters. The summed E-state index contributed by atoms with van der Waals surface area (Å²) in [6, 6.07) is 3.45. The van der Waals surface area contributed by atoms with Gasteiger partial charge in [0.25, 0.3) is 5.91 Å². The average molecular weight is 290 g/mol. The van der Waals surface area contributed by atoms with Crippen LogP contribution in [0, 0.1) is 5.82 Å². The first-order valence-electron chi connectivity index (χ1n) is 7.22. The molecule has 6 heteroatoms. The number of hydrogen-bond donors (Lipinski definition) is 2. The number of halogens is 1. The Balaban J connectivity index is 2.09. The lowest BCUT2D eigenvalue weighted by Crippen LogP contribution is -2.30. The Morgan fingerprint density at radius 2 is 2.29 bits per heavy atom. The number of fused-ring (bicyclic) bond motifs is 1. The summed E-state index contributed by atoms with van der Waals surface area (Å²) in [6.07, 6.45) is 2.11. The van der Waals surface area contributed by atoms with Gasteiger partial charge in [-0.3, -0.25) is 9.69 Å². The van der Waals surface area contributed by atoms with Crippen LogP contribution in [0.1, 0.15) is 48.9 Å². The number of carbonyl (C=O) groups is 1. The molecule has 3 N–H and O–H groups in total. The van der Waals surface area contributed by atoms with Crippen LogP contribution < -0.4 is 5.73 Å². The lowest BCUT2D eigenvalue weighted by molar-refractivity contribution is 0.0998. The molecule has 2 aromatic rings. The van der Waals surface area contributed by atoms with Crippen molar-refractivity contribution in [2.24, 2.45) is 5.73 Å². The molecule has 0 saturated carbocycles. The molecular weight excluding hydrogens is 271 g/mol. The van der Waals surface area contributed by atoms with Crippen molar-refractivity contribution < 1.29 is 9.18 Å². The predicted octanol–water partition coefficient (Wildman–Crippen LogP) is 2.35. The van der Waals surface area contributed by atoms with E-state index in [1.54, 1.807) is 6.07 Å². The molecule has 0 aliphatic carbocycles. The molecule has 1 aliphatic heterocycles. The molecule has 1 unspecified atom stereocenters. The highest BCUT2D eigenvalue weighted by Gasteiger charge is 2.30. The fourth-order valence-corrected chi connectivity index (χ4v) is 3.16. The van der Waals surface area contributed by atoms with Crippen molar-refractivity contribution in [2.75, 3.05) is 6.54 Å². The van der Waals surface area contributed by atoms with Gasteiger partial charge in [0.05, 0.1) is 11.6 Å². The van der Waals surface area contributed by atoms with Gasteiger partial charge in [-0.2, -0.15) is 0 Å². The summed E-state index contributed by atoms with van der Waals surface area (Å²) >= 11 is 0. The topological polar surface area (TPSA) is 75.0 Å². The Bertz CT molecular complexity index is 694. The van der Waals surface area contributed by atoms with Crippen LogP contribution in [0.4, 0.5) is 4.39 Å². The van der Waals surface area contributed by atoms with E-state index in [0.29, 0.717) is 17.1 Å². The number of carbonyl (C=O) groups excluding carboxylic acids is 1. The molecule has 21 heavy (non-hydrogen) atoms. The highest BCUT2D eigenvalue weighted by atomic mass is 19.1. The smallest absolute Gasteiger partial charge is 0.253 e. The third-order valence-electron chi connectivity index (χ3n) is 4.14. The number of aromatic nitrogens is 2. The molecule has 112 valence electrons. The number of nitrogens with two attached hydrogens (primary N) is 1. The van der Waals surface area contributed by atoms with Gasteiger partial charge in [-0.15, -0.1) is 0 Å². The molecule has 1 amide bonds. The second kappa shape index (κ2) is 5.11. The second-order valence-electron chi connectivity index (χ2n) is 5.79. The van der Waals surface area contributed by atoms with Gasteiger partial charge in [0, 0.05) is 6.04 Å². The zero-order valence-electron chi connectivity index (χ0n) is 12.2. The number of hydrogen-bond acceptors (Lipinski definition) is 3. The number of rotatable bonds is 3. The monoisotopic (exact) mass is 290 g/mol. The molecule has 1 fully saturated rings. The lowest BCUT2D eigenvalue weighted by atomic mass is 10.1. The Hall–Kier alpha value is -1.95. The Kier molecular flexibility index (Phi) is 3.41. The van der Waals surface area contributed by atoms with E-state index in [-0.39, 0.29) is 11.6 Å². The summed E-state index contributed by atoms with van der Waals surface area (Å²) in [4.78, 5) is 21.5. The van der Waals surface area contributed by atoms with Crippen molar-refractivity contribution >= 4 is 16.9 Å². The number of imidazole rings is 1. The van der Waals surface area contributed by atoms with Gasteiger partial charge in [0.1, 0.15) is 22.7 Å². The predicted molar refractivity (Wildman–Crippen MR) is 78.4 cm³/mol. The van der Waals surface area contributed by atoms with Gasteiger partial charge in [-0.05, 0) is 45.4 Å². The first kappa shape index (κ1) is 14.0. The van der Waals surface area contributed by atoms with Crippen molar-refractivity contribution in [2.45, 2.75) is 38.8 Å². The van der Waals surface area contributed by atoms with Crippen molar-refractivity contribution in [1.29, 1.82) is 0 Å². The molecule has 0 bridgehead atoms. The van der Waals surface area contributed by atoms with E-state index in [1.807, 2.05) is 0 Å². The molecule has 0 radical (unpaired) electrons. The number of nitrogens with zero attached hydrogens (tertiary/aromatic N) is 2. The molecule has 5 nitrogen and oxygen atoms in total. The SMILES string of the molecule is CC(C)N1CCCC1c1nc2c(C(N)=O)c(F)ccc2[nH]1. The van der Waals surface area contributed by atoms with E-state index in [4.69, 9.17) is 5.73 Å². The molecule has 1 aliphatic rings. The molecular formula is C15H19FN4O. The van der Waals surface area contributed by atoms with E-state index < -0.39 is 11.7 Å². The highest BCUT2D eigenvalue weighted by Crippen LogP contribution is 2.33. The third kappa shape index (κ3) is 2.29. The summed E-state index contributed by atoms with van der Waals surface area (Å²) in [5, 5.41) is 0. The quantitative estimate of drug-likeness (QED) is 0.911. The molecule has 1 aromatic carbocycles. The van der Waals surface area contributed by atoms with Gasteiger partial charge in [0.15, 0.2) is 0 Å². The summed E-state index contributed by atoms with van der Waals surface area (Å²) in [7, 11) is 0. The Morgan fingerprint density at radius 1 is 1.52 bits per heavy atom. The fourth-order valence-electron chi connectivity index (χ4n) is 3.16. The van der Waals surface area contributed by atoms with Crippen LogP contribution in [-0.2, 0) is 0 Å². The van der Waals surface area contributed by atoms with Crippen LogP contribution in [-0.4, -0.2) is 33.4 Å². The first-order chi connectivity index (χ1) is 9.99. The molecule has 0 spiro atoms. The number of aromatic amines is 1. The minimum absolute atomic E-state index is 0.135. The van der Waals surface area contributed by atoms with Crippen LogP contribution in [0.15, 0.2) is 12.1 Å². The molecule has 2 heterocycles. The number of nitrogens with one attached hydrogen (secondary N) is 1. The summed E-state index contributed by atoms with van der Waals surface area (Å²) in [5.41, 5.74) is 6.12. The number of primary amides is 1. The number of benzene rings is 1. The minimum atomic E-state index is -0.789. The van der Waals surface area contributed by atoms with Gasteiger partial charge in [-0.25, -0.2) is 9.37 Å². The molecule has 1 saturated heterocycles. The average Bonchev–Trinajstić information content (AvgIpc) is 3.03. The zero-order valence-corrected chi connectivity index (χ0v) is 12.2. The van der Waals surface area contributed by atoms with Crippen LogP contribution in [0.3, 0.4) is 0 Å². The van der Waals surface area contributed by atoms with E-state index in [1.165, 1.54) is 6.07 Å². The first-order valence-corrected chi connectivity index (χ1v) is 7.22. The van der Waals surface area contributed by atoms with Crippen molar-refractivity contribution in [3.05, 3.63) is 29.3 Å². The molecule has 3 rings (SSSR count). The largest absolute Gasteiger partial charge is 0.365 e. The van der Waals surface area contributed by atoms with E-state index in [2.05, 4.69) is 28.7 Å². The van der Waals surface area contributed by atoms with E-state index in [9.17, 15) is 9.18 Å². The highest BCUT2D eigenvalue weighted by molar-refractivity contribution is 6.04. The number of H-pyrrole nitrogens is 1. The standard InChI is InChI=1S/C15H19FN4O/c1-8(2)20-7-3-4-11(20)15-18-10-6-5-9(16)12(14(17)21)13(10)19-15/h5-6,8,11H,3-4,7H2,1-2H3,(H2,17,21)(H,18,19). The van der Waals surface area contributed by atoms with Gasteiger partial charge < -0.3 is 10.7 Å². The van der Waals surface area contributed by atoms with E-state index in [0.717, 1.165) is 25.2 Å². The van der Waals surface area contributed by atoms with Gasteiger partial charge in [0.2, 0.25) is 0 Å². The summed E-state index contributed by atoms with van der Waals surface area (Å²) < 4.78 is 13.8. The minimum Gasteiger partial charge on any atom is -0.365 e. The van der Waals surface area contributed by atoms with Crippen molar-refractivity contribution in [3.8, 4) is 0 Å². The van der Waals surface area contributed by atoms with E-state index >= 15 is 0 Å². The number of amides is 1. The molecule has 1 aromatic heterocycles. The van der Waals surface area contributed by atoms with Gasteiger partial charge >= 0.3 is 0 Å². The maximum atomic E-state index is 13.8. The van der Waals surface area contributed by atoms with Crippen molar-refractivity contribution in [3.63, 3.8) is 0 Å². The Morgan fingerprint density at radius 3 is 2.95 bits per heavy atom.